The Bertz CT molecular complexity index is 1030. The van der Waals surface area contributed by atoms with Crippen LogP contribution in [-0.2, 0) is 22.9 Å². The van der Waals surface area contributed by atoms with Crippen LogP contribution in [0.2, 0.25) is 5.02 Å². The number of aryl methyl sites for hydroxylation is 2. The zero-order valence-corrected chi connectivity index (χ0v) is 15.8. The van der Waals surface area contributed by atoms with Crippen LogP contribution in [0.5, 0.6) is 0 Å². The van der Waals surface area contributed by atoms with Gasteiger partial charge in [-0.1, -0.05) is 55.8 Å². The van der Waals surface area contributed by atoms with Crippen LogP contribution in [0.1, 0.15) is 25.0 Å². The maximum absolute atomic E-state index is 13.0. The predicted octanol–water partition coefficient (Wildman–Crippen LogP) is 5.42. The van der Waals surface area contributed by atoms with Gasteiger partial charge in [-0.2, -0.15) is 0 Å². The fraction of sp³-hybridized carbons (Fsp3) is 0.200. The summed E-state index contributed by atoms with van der Waals surface area (Å²) in [6, 6.07) is 16.4. The molecule has 0 radical (unpaired) electrons. The van der Waals surface area contributed by atoms with E-state index in [1.165, 1.54) is 0 Å². The summed E-state index contributed by atoms with van der Waals surface area (Å²) in [4.78, 5) is 0.323. The lowest BCUT2D eigenvalue weighted by Gasteiger charge is -2.16. The molecular weight excluding hydrogens is 354 g/mol. The summed E-state index contributed by atoms with van der Waals surface area (Å²) >= 11 is 5.96. The molecule has 0 saturated heterocycles. The third-order valence-electron chi connectivity index (χ3n) is 4.30. The normalized spacial score (nSPS) is 11.6. The van der Waals surface area contributed by atoms with E-state index in [2.05, 4.69) is 17.7 Å². The van der Waals surface area contributed by atoms with Gasteiger partial charge in [0.05, 0.1) is 10.6 Å². The van der Waals surface area contributed by atoms with E-state index in [1.54, 1.807) is 30.3 Å². The molecule has 130 valence electrons. The number of rotatable bonds is 5. The van der Waals surface area contributed by atoms with Gasteiger partial charge in [0, 0.05) is 5.02 Å². The van der Waals surface area contributed by atoms with E-state index in [-0.39, 0.29) is 0 Å². The maximum atomic E-state index is 13.0. The Morgan fingerprint density at radius 3 is 2.40 bits per heavy atom. The van der Waals surface area contributed by atoms with E-state index in [4.69, 9.17) is 11.6 Å². The average Bonchev–Trinajstić information content (AvgIpc) is 2.59. The molecule has 0 atom stereocenters. The van der Waals surface area contributed by atoms with Crippen LogP contribution < -0.4 is 4.72 Å². The number of hydrogen-bond acceptors (Lipinski definition) is 2. The summed E-state index contributed by atoms with van der Waals surface area (Å²) in [7, 11) is -3.70. The van der Waals surface area contributed by atoms with Crippen LogP contribution in [0.25, 0.3) is 10.8 Å². The fourth-order valence-electron chi connectivity index (χ4n) is 3.18. The lowest BCUT2D eigenvalue weighted by Crippen LogP contribution is -2.15. The SMILES string of the molecule is CCc1cccc2ccc(S(=O)(=O)Nc3cccc(Cl)c3)c(CC)c12. The second kappa shape index (κ2) is 7.06. The molecule has 0 aliphatic rings. The first-order valence-corrected chi connectivity index (χ1v) is 10.1. The Kier molecular flexibility index (Phi) is 5.02. The Balaban J connectivity index is 2.17. The summed E-state index contributed by atoms with van der Waals surface area (Å²) in [5.41, 5.74) is 2.47. The first-order chi connectivity index (χ1) is 12.0. The molecule has 0 heterocycles. The number of halogens is 1. The minimum Gasteiger partial charge on any atom is -0.280 e. The number of benzene rings is 3. The summed E-state index contributed by atoms with van der Waals surface area (Å²) in [5.74, 6) is 0. The molecule has 5 heteroatoms. The first-order valence-electron chi connectivity index (χ1n) is 8.28. The highest BCUT2D eigenvalue weighted by atomic mass is 35.5. The van der Waals surface area contributed by atoms with Gasteiger partial charge in [0.1, 0.15) is 0 Å². The highest BCUT2D eigenvalue weighted by molar-refractivity contribution is 7.92. The molecule has 0 saturated carbocycles. The topological polar surface area (TPSA) is 46.2 Å². The van der Waals surface area contributed by atoms with Crippen molar-refractivity contribution in [2.24, 2.45) is 0 Å². The van der Waals surface area contributed by atoms with Gasteiger partial charge in [-0.3, -0.25) is 4.72 Å². The molecule has 3 rings (SSSR count). The van der Waals surface area contributed by atoms with Gasteiger partial charge in [-0.05, 0) is 59.0 Å². The number of fused-ring (bicyclic) bond motifs is 1. The van der Waals surface area contributed by atoms with Gasteiger partial charge in [0.25, 0.3) is 10.0 Å². The molecule has 0 bridgehead atoms. The molecule has 1 N–H and O–H groups in total. The van der Waals surface area contributed by atoms with Crippen LogP contribution >= 0.6 is 11.6 Å². The van der Waals surface area contributed by atoms with Crippen molar-refractivity contribution in [3.05, 3.63) is 70.7 Å². The van der Waals surface area contributed by atoms with Crippen LogP contribution in [0.4, 0.5) is 5.69 Å². The standard InChI is InChI=1S/C20H20ClNO2S/c1-3-14-7-5-8-15-11-12-19(18(4-2)20(14)15)25(23,24)22-17-10-6-9-16(21)13-17/h5-13,22H,3-4H2,1-2H3. The van der Waals surface area contributed by atoms with Crippen LogP contribution in [0.3, 0.4) is 0 Å². The van der Waals surface area contributed by atoms with Gasteiger partial charge >= 0.3 is 0 Å². The van der Waals surface area contributed by atoms with Crippen LogP contribution in [0.15, 0.2) is 59.5 Å². The number of hydrogen-bond donors (Lipinski definition) is 1. The summed E-state index contributed by atoms with van der Waals surface area (Å²) in [6.07, 6.45) is 1.50. The average molecular weight is 374 g/mol. The van der Waals surface area contributed by atoms with Gasteiger partial charge in [-0.25, -0.2) is 8.42 Å². The lowest BCUT2D eigenvalue weighted by molar-refractivity contribution is 0.600. The highest BCUT2D eigenvalue weighted by Crippen LogP contribution is 2.31. The zero-order valence-electron chi connectivity index (χ0n) is 14.2. The van der Waals surface area contributed by atoms with Crippen molar-refractivity contribution < 1.29 is 8.42 Å². The Hall–Kier alpha value is -2.04. The van der Waals surface area contributed by atoms with Crippen molar-refractivity contribution in [2.75, 3.05) is 4.72 Å². The monoisotopic (exact) mass is 373 g/mol. The molecule has 25 heavy (non-hydrogen) atoms. The first kappa shape index (κ1) is 17.8. The number of anilines is 1. The van der Waals surface area contributed by atoms with Crippen LogP contribution in [0, 0.1) is 0 Å². The molecule has 0 fully saturated rings. The Morgan fingerprint density at radius 2 is 1.72 bits per heavy atom. The summed E-state index contributed by atoms with van der Waals surface area (Å²) in [6.45, 7) is 4.07. The van der Waals surface area contributed by atoms with E-state index in [9.17, 15) is 8.42 Å². The van der Waals surface area contributed by atoms with E-state index >= 15 is 0 Å². The number of sulfonamides is 1. The van der Waals surface area contributed by atoms with Crippen molar-refractivity contribution in [1.82, 2.24) is 0 Å². The van der Waals surface area contributed by atoms with Crippen molar-refractivity contribution in [2.45, 2.75) is 31.6 Å². The van der Waals surface area contributed by atoms with Crippen molar-refractivity contribution in [1.29, 1.82) is 0 Å². The lowest BCUT2D eigenvalue weighted by atomic mass is 9.96. The largest absolute Gasteiger partial charge is 0.280 e. The molecule has 3 nitrogen and oxygen atoms in total. The Labute approximate surface area is 153 Å². The minimum atomic E-state index is -3.70. The fourth-order valence-corrected chi connectivity index (χ4v) is 4.73. The Morgan fingerprint density at radius 1 is 0.960 bits per heavy atom. The molecule has 0 spiro atoms. The summed E-state index contributed by atoms with van der Waals surface area (Å²) < 4.78 is 28.6. The molecular formula is C20H20ClNO2S. The van der Waals surface area contributed by atoms with Gasteiger partial charge in [0.2, 0.25) is 0 Å². The molecule has 0 aromatic heterocycles. The van der Waals surface area contributed by atoms with Crippen LogP contribution in [-0.4, -0.2) is 8.42 Å². The van der Waals surface area contributed by atoms with Gasteiger partial charge in [-0.15, -0.1) is 0 Å². The highest BCUT2D eigenvalue weighted by Gasteiger charge is 2.20. The summed E-state index contributed by atoms with van der Waals surface area (Å²) in [5, 5.41) is 2.60. The molecule has 0 amide bonds. The van der Waals surface area contributed by atoms with Crippen molar-refractivity contribution in [3.63, 3.8) is 0 Å². The molecule has 0 aliphatic carbocycles. The van der Waals surface area contributed by atoms with E-state index in [1.807, 2.05) is 25.1 Å². The maximum Gasteiger partial charge on any atom is 0.262 e. The van der Waals surface area contributed by atoms with Gasteiger partial charge in [0.15, 0.2) is 0 Å². The zero-order chi connectivity index (χ0) is 18.0. The van der Waals surface area contributed by atoms with E-state index < -0.39 is 10.0 Å². The van der Waals surface area contributed by atoms with E-state index in [0.717, 1.165) is 28.3 Å². The van der Waals surface area contributed by atoms with E-state index in [0.29, 0.717) is 22.0 Å². The minimum absolute atomic E-state index is 0.323. The third kappa shape index (κ3) is 3.51. The second-order valence-electron chi connectivity index (χ2n) is 5.88. The molecule has 0 aliphatic heterocycles. The quantitative estimate of drug-likeness (QED) is 0.649. The molecule has 3 aromatic rings. The molecule has 3 aromatic carbocycles. The smallest absolute Gasteiger partial charge is 0.262 e. The molecule has 0 unspecified atom stereocenters. The third-order valence-corrected chi connectivity index (χ3v) is 6.00. The van der Waals surface area contributed by atoms with Crippen molar-refractivity contribution >= 4 is 38.1 Å². The van der Waals surface area contributed by atoms with Gasteiger partial charge < -0.3 is 0 Å². The second-order valence-corrected chi connectivity index (χ2v) is 7.97. The number of nitrogens with one attached hydrogen (secondary N) is 1. The predicted molar refractivity (Wildman–Crippen MR) is 105 cm³/mol. The van der Waals surface area contributed by atoms with Crippen molar-refractivity contribution in [3.8, 4) is 0 Å².